The summed E-state index contributed by atoms with van der Waals surface area (Å²) in [4.78, 5) is 8.29. The first-order valence-corrected chi connectivity index (χ1v) is 13.7. The number of piperidine rings is 1. The van der Waals surface area contributed by atoms with Crippen LogP contribution in [0.3, 0.4) is 0 Å². The number of thioether (sulfide) groups is 1. The van der Waals surface area contributed by atoms with E-state index in [0.29, 0.717) is 12.3 Å². The second-order valence-electron chi connectivity index (χ2n) is 8.83. The van der Waals surface area contributed by atoms with Crippen LogP contribution in [0.2, 0.25) is 0 Å². The van der Waals surface area contributed by atoms with Gasteiger partial charge in [0.25, 0.3) is 0 Å². The number of aromatic nitrogens is 1. The minimum Gasteiger partial charge on any atom is -0.497 e. The molecule has 7 heteroatoms. The smallest absolute Gasteiger partial charge is 0.119 e. The van der Waals surface area contributed by atoms with Crippen molar-refractivity contribution in [2.45, 2.75) is 36.7 Å². The van der Waals surface area contributed by atoms with Gasteiger partial charge >= 0.3 is 0 Å². The second kappa shape index (κ2) is 12.2. The van der Waals surface area contributed by atoms with E-state index >= 15 is 0 Å². The molecule has 3 aromatic rings. The molecule has 3 atom stereocenters. The number of aliphatic hydroxyl groups is 2. The van der Waals surface area contributed by atoms with Gasteiger partial charge in [-0.2, -0.15) is 11.3 Å². The lowest BCUT2D eigenvalue weighted by molar-refractivity contribution is 0.0581. The number of ether oxygens (including phenoxy) is 1. The molecular formula is C26H34N2O3S2. The van der Waals surface area contributed by atoms with Crippen LogP contribution >= 0.6 is 23.1 Å². The molecule has 1 aliphatic heterocycles. The number of likely N-dealkylation sites (tertiary alicyclic amines) is 1. The third-order valence-corrected chi connectivity index (χ3v) is 8.66. The summed E-state index contributed by atoms with van der Waals surface area (Å²) in [5.41, 5.74) is 1.77. The van der Waals surface area contributed by atoms with Crippen molar-refractivity contribution in [3.63, 3.8) is 0 Å². The van der Waals surface area contributed by atoms with Crippen LogP contribution in [0.4, 0.5) is 0 Å². The maximum atomic E-state index is 11.0. The molecule has 1 fully saturated rings. The van der Waals surface area contributed by atoms with E-state index in [1.54, 1.807) is 24.6 Å². The number of hydrogen-bond donors (Lipinski definition) is 2. The highest BCUT2D eigenvalue weighted by Gasteiger charge is 2.29. The fourth-order valence-corrected chi connectivity index (χ4v) is 6.56. The third kappa shape index (κ3) is 6.49. The molecule has 1 aliphatic rings. The van der Waals surface area contributed by atoms with E-state index < -0.39 is 6.10 Å². The van der Waals surface area contributed by atoms with Gasteiger partial charge in [-0.15, -0.1) is 11.8 Å². The molecule has 0 saturated carbocycles. The molecule has 2 N–H and O–H groups in total. The van der Waals surface area contributed by atoms with Crippen molar-refractivity contribution >= 4 is 34.0 Å². The number of aliphatic hydroxyl groups excluding tert-OH is 2. The average Bonchev–Trinajstić information content (AvgIpc) is 3.38. The van der Waals surface area contributed by atoms with E-state index in [4.69, 9.17) is 4.74 Å². The first kappa shape index (κ1) is 24.5. The molecule has 0 unspecified atom stereocenters. The highest BCUT2D eigenvalue weighted by molar-refractivity contribution is 7.99. The van der Waals surface area contributed by atoms with Gasteiger partial charge < -0.3 is 19.8 Å². The van der Waals surface area contributed by atoms with E-state index in [0.717, 1.165) is 60.4 Å². The fourth-order valence-electron chi connectivity index (χ4n) is 4.85. The molecule has 3 heterocycles. The quantitative estimate of drug-likeness (QED) is 0.286. The first-order chi connectivity index (χ1) is 16.2. The van der Waals surface area contributed by atoms with Crippen LogP contribution in [-0.4, -0.2) is 59.2 Å². The SMILES string of the molecule is COc1ccc2nccc([C@@H](O)CC[C@@H]3CCN(CCCSc4ccsc4)C[C@@H]3CO)c2c1. The van der Waals surface area contributed by atoms with Crippen molar-refractivity contribution in [3.05, 3.63) is 52.9 Å². The number of benzene rings is 1. The highest BCUT2D eigenvalue weighted by atomic mass is 32.2. The number of pyridine rings is 1. The number of thiophene rings is 1. The zero-order chi connectivity index (χ0) is 23.0. The maximum absolute atomic E-state index is 11.0. The van der Waals surface area contributed by atoms with Crippen molar-refractivity contribution < 1.29 is 14.9 Å². The summed E-state index contributed by atoms with van der Waals surface area (Å²) in [5, 5.41) is 26.3. The standard InChI is InChI=1S/C26H34N2O3S2/c1-31-21-4-5-25-24(15-21)23(7-10-27-25)26(30)6-3-19-8-12-28(16-20(19)17-29)11-2-13-33-22-9-14-32-18-22/h4-5,7,9-10,14-15,18-20,26,29-30H,2-3,6,8,11-13,16-17H2,1H3/t19-,20-,26+/m1/s1. The molecule has 0 bridgehead atoms. The monoisotopic (exact) mass is 486 g/mol. The molecule has 5 nitrogen and oxygen atoms in total. The van der Waals surface area contributed by atoms with Crippen LogP contribution in [0, 0.1) is 11.8 Å². The minimum absolute atomic E-state index is 0.219. The van der Waals surface area contributed by atoms with Crippen molar-refractivity contribution in [1.29, 1.82) is 0 Å². The number of hydrogen-bond acceptors (Lipinski definition) is 7. The van der Waals surface area contributed by atoms with Crippen molar-refractivity contribution in [2.75, 3.05) is 39.1 Å². The minimum atomic E-state index is -0.547. The predicted molar refractivity (Wildman–Crippen MR) is 137 cm³/mol. The lowest BCUT2D eigenvalue weighted by Gasteiger charge is -2.38. The number of rotatable bonds is 11. The van der Waals surface area contributed by atoms with Gasteiger partial charge in [-0.3, -0.25) is 4.98 Å². The Morgan fingerprint density at radius 3 is 2.97 bits per heavy atom. The number of nitrogens with zero attached hydrogens (tertiary/aromatic N) is 2. The summed E-state index contributed by atoms with van der Waals surface area (Å²) in [6, 6.07) is 9.87. The van der Waals surface area contributed by atoms with Gasteiger partial charge in [0.1, 0.15) is 5.75 Å². The molecule has 4 rings (SSSR count). The van der Waals surface area contributed by atoms with E-state index in [2.05, 4.69) is 26.7 Å². The predicted octanol–water partition coefficient (Wildman–Crippen LogP) is 5.23. The first-order valence-electron chi connectivity index (χ1n) is 11.8. The third-order valence-electron chi connectivity index (χ3n) is 6.74. The van der Waals surface area contributed by atoms with Crippen LogP contribution in [0.15, 0.2) is 52.2 Å². The Balaban J connectivity index is 1.27. The van der Waals surface area contributed by atoms with Crippen molar-refractivity contribution in [3.8, 4) is 5.75 Å². The normalized spacial score (nSPS) is 20.2. The Kier molecular flexibility index (Phi) is 9.03. The Hall–Kier alpha value is -1.64. The van der Waals surface area contributed by atoms with Gasteiger partial charge in [0.05, 0.1) is 18.7 Å². The summed E-state index contributed by atoms with van der Waals surface area (Å²) in [7, 11) is 1.65. The highest BCUT2D eigenvalue weighted by Crippen LogP contribution is 2.33. The molecule has 0 aliphatic carbocycles. The van der Waals surface area contributed by atoms with E-state index in [1.165, 1.54) is 11.3 Å². The van der Waals surface area contributed by atoms with Crippen LogP contribution in [-0.2, 0) is 0 Å². The molecule has 0 spiro atoms. The second-order valence-corrected chi connectivity index (χ2v) is 10.8. The summed E-state index contributed by atoms with van der Waals surface area (Å²) in [5.74, 6) is 2.64. The van der Waals surface area contributed by atoms with Gasteiger partial charge in [-0.05, 0) is 97.6 Å². The molecule has 0 radical (unpaired) electrons. The molecule has 0 amide bonds. The molecule has 178 valence electrons. The lowest BCUT2D eigenvalue weighted by atomic mass is 9.81. The zero-order valence-corrected chi connectivity index (χ0v) is 20.9. The average molecular weight is 487 g/mol. The summed E-state index contributed by atoms with van der Waals surface area (Å²) < 4.78 is 5.36. The van der Waals surface area contributed by atoms with Crippen LogP contribution in [0.5, 0.6) is 5.75 Å². The van der Waals surface area contributed by atoms with Gasteiger partial charge in [0, 0.05) is 35.0 Å². The Morgan fingerprint density at radius 2 is 2.18 bits per heavy atom. The summed E-state index contributed by atoms with van der Waals surface area (Å²) >= 11 is 3.68. The summed E-state index contributed by atoms with van der Waals surface area (Å²) in [6.45, 7) is 3.34. The van der Waals surface area contributed by atoms with E-state index in [9.17, 15) is 10.2 Å². The molecule has 2 aromatic heterocycles. The molecule has 33 heavy (non-hydrogen) atoms. The topological polar surface area (TPSA) is 65.8 Å². The van der Waals surface area contributed by atoms with Gasteiger partial charge in [0.2, 0.25) is 0 Å². The number of fused-ring (bicyclic) bond motifs is 1. The summed E-state index contributed by atoms with van der Waals surface area (Å²) in [6.07, 6.45) is 5.07. The maximum Gasteiger partial charge on any atom is 0.119 e. The zero-order valence-electron chi connectivity index (χ0n) is 19.2. The van der Waals surface area contributed by atoms with E-state index in [1.807, 2.05) is 36.0 Å². The Labute approximate surface area is 204 Å². The van der Waals surface area contributed by atoms with Crippen LogP contribution in [0.25, 0.3) is 10.9 Å². The molecule has 1 aromatic carbocycles. The van der Waals surface area contributed by atoms with Gasteiger partial charge in [-0.25, -0.2) is 0 Å². The van der Waals surface area contributed by atoms with Crippen molar-refractivity contribution in [1.82, 2.24) is 9.88 Å². The van der Waals surface area contributed by atoms with Crippen molar-refractivity contribution in [2.24, 2.45) is 11.8 Å². The Morgan fingerprint density at radius 1 is 1.27 bits per heavy atom. The van der Waals surface area contributed by atoms with E-state index in [-0.39, 0.29) is 12.5 Å². The van der Waals surface area contributed by atoms with Crippen LogP contribution < -0.4 is 4.74 Å². The van der Waals surface area contributed by atoms with Gasteiger partial charge in [-0.1, -0.05) is 0 Å². The fraction of sp³-hybridized carbons (Fsp3) is 0.500. The lowest BCUT2D eigenvalue weighted by Crippen LogP contribution is -2.42. The molecule has 1 saturated heterocycles. The Bertz CT molecular complexity index is 998. The number of methoxy groups -OCH3 is 1. The largest absolute Gasteiger partial charge is 0.497 e. The molecular weight excluding hydrogens is 452 g/mol. The van der Waals surface area contributed by atoms with Crippen LogP contribution in [0.1, 0.15) is 37.4 Å². The van der Waals surface area contributed by atoms with Gasteiger partial charge in [0.15, 0.2) is 0 Å².